The Morgan fingerprint density at radius 3 is 2.64 bits per heavy atom. The van der Waals surface area contributed by atoms with Crippen molar-refractivity contribution >= 4 is 22.6 Å². The molecule has 0 amide bonds. The quantitative estimate of drug-likeness (QED) is 0.330. The Hall–Kier alpha value is 0.580. The van der Waals surface area contributed by atoms with E-state index >= 15 is 0 Å². The van der Waals surface area contributed by atoms with Gasteiger partial charge in [-0.1, -0.05) is 11.7 Å². The Labute approximate surface area is 76.7 Å². The molecule has 0 aliphatic heterocycles. The minimum Gasteiger partial charge on any atom is -0.396 e. The number of nitrogens with zero attached hydrogens (tertiary/aromatic N) is 1. The second-order valence-electron chi connectivity index (χ2n) is 2.39. The lowest BCUT2D eigenvalue weighted by molar-refractivity contribution is 0.121. The van der Waals surface area contributed by atoms with Crippen molar-refractivity contribution < 1.29 is 10.2 Å². The first kappa shape index (κ1) is 11.6. The average molecular weight is 197 g/mol. The highest BCUT2D eigenvalue weighted by Gasteiger charge is 2.04. The molecule has 0 rings (SSSR count). The van der Waals surface area contributed by atoms with Gasteiger partial charge in [-0.05, 0) is 30.9 Å². The second-order valence-corrected chi connectivity index (χ2v) is 3.66. The molecule has 68 valence electrons. The summed E-state index contributed by atoms with van der Waals surface area (Å²) in [4.78, 5) is 0. The number of aliphatic hydroxyl groups excluding tert-OH is 2. The van der Waals surface area contributed by atoms with Crippen LogP contribution in [0.15, 0.2) is 0 Å². The van der Waals surface area contributed by atoms with E-state index in [1.54, 1.807) is 0 Å². The third kappa shape index (κ3) is 6.96. The maximum Gasteiger partial charge on any atom is 0.0574 e. The highest BCUT2D eigenvalue weighted by molar-refractivity contribution is 8.67. The fraction of sp³-hybridized carbons (Fsp3) is 1.00. The summed E-state index contributed by atoms with van der Waals surface area (Å²) in [7, 11) is 3.25. The first-order chi connectivity index (χ1) is 5.20. The van der Waals surface area contributed by atoms with Crippen LogP contribution in [0.1, 0.15) is 12.8 Å². The van der Waals surface area contributed by atoms with Gasteiger partial charge in [0.15, 0.2) is 0 Å². The topological polar surface area (TPSA) is 43.7 Å². The molecule has 0 aromatic heterocycles. The largest absolute Gasteiger partial charge is 0.396 e. The zero-order chi connectivity index (χ0) is 8.69. The number of hydrogen-bond donors (Lipinski definition) is 3. The number of aliphatic hydroxyl groups is 2. The van der Waals surface area contributed by atoms with E-state index in [0.717, 1.165) is 6.54 Å². The maximum absolute atomic E-state index is 9.17. The van der Waals surface area contributed by atoms with Crippen molar-refractivity contribution in [1.29, 1.82) is 0 Å². The Morgan fingerprint density at radius 1 is 1.55 bits per heavy atom. The van der Waals surface area contributed by atoms with Gasteiger partial charge in [-0.15, -0.1) is 0 Å². The third-order valence-electron chi connectivity index (χ3n) is 1.38. The predicted molar refractivity (Wildman–Crippen MR) is 51.5 cm³/mol. The van der Waals surface area contributed by atoms with E-state index in [1.807, 2.05) is 11.4 Å². The van der Waals surface area contributed by atoms with E-state index in [4.69, 9.17) is 5.11 Å². The maximum atomic E-state index is 9.17. The first-order valence-corrected chi connectivity index (χ1v) is 5.35. The SMILES string of the molecule is CN(CCC(O)CCO)SS. The van der Waals surface area contributed by atoms with Crippen molar-refractivity contribution in [3.63, 3.8) is 0 Å². The molecule has 0 heterocycles. The van der Waals surface area contributed by atoms with Crippen molar-refractivity contribution in [1.82, 2.24) is 4.31 Å². The van der Waals surface area contributed by atoms with Crippen molar-refractivity contribution in [2.24, 2.45) is 0 Å². The standard InChI is InChI=1S/C6H15NO2S2/c1-7(11-10)4-2-6(9)3-5-8/h6,8-10H,2-5H2,1H3. The monoisotopic (exact) mass is 197 g/mol. The zero-order valence-corrected chi connectivity index (χ0v) is 8.31. The summed E-state index contributed by atoms with van der Waals surface area (Å²) < 4.78 is 1.92. The molecule has 0 spiro atoms. The lowest BCUT2D eigenvalue weighted by Crippen LogP contribution is -2.17. The van der Waals surface area contributed by atoms with Crippen LogP contribution >= 0.6 is 22.6 Å². The molecule has 1 unspecified atom stereocenters. The first-order valence-electron chi connectivity index (χ1n) is 3.52. The van der Waals surface area contributed by atoms with E-state index < -0.39 is 0 Å². The van der Waals surface area contributed by atoms with Crippen LogP contribution in [0.4, 0.5) is 0 Å². The molecular formula is C6H15NO2S2. The minimum absolute atomic E-state index is 0.0545. The zero-order valence-electron chi connectivity index (χ0n) is 6.60. The van der Waals surface area contributed by atoms with Crippen molar-refractivity contribution in [3.05, 3.63) is 0 Å². The van der Waals surface area contributed by atoms with Crippen LogP contribution in [0, 0.1) is 0 Å². The lowest BCUT2D eigenvalue weighted by atomic mass is 10.2. The Kier molecular flexibility index (Phi) is 7.62. The summed E-state index contributed by atoms with van der Waals surface area (Å²) in [6, 6.07) is 0. The van der Waals surface area contributed by atoms with Gasteiger partial charge >= 0.3 is 0 Å². The molecule has 0 radical (unpaired) electrons. The van der Waals surface area contributed by atoms with E-state index in [1.165, 1.54) is 11.0 Å². The molecular weight excluding hydrogens is 182 g/mol. The summed E-state index contributed by atoms with van der Waals surface area (Å²) >= 11 is 3.98. The van der Waals surface area contributed by atoms with Gasteiger partial charge in [0, 0.05) is 13.2 Å². The van der Waals surface area contributed by atoms with E-state index in [2.05, 4.69) is 11.7 Å². The number of thiol groups is 1. The van der Waals surface area contributed by atoms with E-state index in [-0.39, 0.29) is 12.7 Å². The third-order valence-corrected chi connectivity index (χ3v) is 2.68. The van der Waals surface area contributed by atoms with Crippen LogP contribution in [-0.4, -0.2) is 40.8 Å². The van der Waals surface area contributed by atoms with Gasteiger partial charge in [0.1, 0.15) is 0 Å². The van der Waals surface area contributed by atoms with Crippen molar-refractivity contribution in [3.8, 4) is 0 Å². The van der Waals surface area contributed by atoms with Gasteiger partial charge in [-0.2, -0.15) is 0 Å². The highest BCUT2D eigenvalue weighted by atomic mass is 33.1. The normalized spacial score (nSPS) is 13.9. The molecule has 0 saturated carbocycles. The van der Waals surface area contributed by atoms with Crippen LogP contribution in [0.5, 0.6) is 0 Å². The lowest BCUT2D eigenvalue weighted by Gasteiger charge is -2.14. The van der Waals surface area contributed by atoms with Gasteiger partial charge in [-0.25, -0.2) is 4.31 Å². The van der Waals surface area contributed by atoms with Gasteiger partial charge in [0.25, 0.3) is 0 Å². The van der Waals surface area contributed by atoms with Gasteiger partial charge in [0.05, 0.1) is 6.10 Å². The summed E-state index contributed by atoms with van der Waals surface area (Å²) in [6.45, 7) is 0.842. The molecule has 0 aromatic rings. The van der Waals surface area contributed by atoms with Gasteiger partial charge in [-0.3, -0.25) is 0 Å². The molecule has 2 N–H and O–H groups in total. The molecule has 0 aliphatic carbocycles. The van der Waals surface area contributed by atoms with Crippen LogP contribution in [-0.2, 0) is 0 Å². The van der Waals surface area contributed by atoms with Crippen LogP contribution in [0.2, 0.25) is 0 Å². The highest BCUT2D eigenvalue weighted by Crippen LogP contribution is 2.11. The molecule has 0 aliphatic rings. The summed E-state index contributed by atoms with van der Waals surface area (Å²) in [5.74, 6) is 0. The van der Waals surface area contributed by atoms with E-state index in [0.29, 0.717) is 12.8 Å². The van der Waals surface area contributed by atoms with Crippen LogP contribution in [0.25, 0.3) is 0 Å². The Balaban J connectivity index is 3.22. The Bertz CT molecular complexity index is 94.7. The fourth-order valence-electron chi connectivity index (χ4n) is 0.665. The fourth-order valence-corrected chi connectivity index (χ4v) is 1.10. The Morgan fingerprint density at radius 2 is 2.18 bits per heavy atom. The molecule has 0 aromatic carbocycles. The molecule has 11 heavy (non-hydrogen) atoms. The molecule has 0 fully saturated rings. The van der Waals surface area contributed by atoms with Crippen LogP contribution in [0.3, 0.4) is 0 Å². The average Bonchev–Trinajstić information content (AvgIpc) is 2.01. The summed E-state index contributed by atoms with van der Waals surface area (Å²) in [6.07, 6.45) is 0.762. The minimum atomic E-state index is -0.386. The van der Waals surface area contributed by atoms with Crippen LogP contribution < -0.4 is 0 Å². The second kappa shape index (κ2) is 7.24. The van der Waals surface area contributed by atoms with Crippen molar-refractivity contribution in [2.75, 3.05) is 20.2 Å². The number of rotatable bonds is 6. The molecule has 0 bridgehead atoms. The smallest absolute Gasteiger partial charge is 0.0574 e. The predicted octanol–water partition coefficient (Wildman–Crippen LogP) is 0.545. The number of hydrogen-bond acceptors (Lipinski definition) is 5. The molecule has 0 saturated heterocycles. The summed E-state index contributed by atoms with van der Waals surface area (Å²) in [5.41, 5.74) is 0. The molecule has 1 atom stereocenters. The summed E-state index contributed by atoms with van der Waals surface area (Å²) in [5, 5.41) is 17.6. The van der Waals surface area contributed by atoms with E-state index in [9.17, 15) is 5.11 Å². The van der Waals surface area contributed by atoms with Gasteiger partial charge < -0.3 is 10.2 Å². The molecule has 5 heteroatoms. The molecule has 3 nitrogen and oxygen atoms in total. The van der Waals surface area contributed by atoms with Crippen molar-refractivity contribution in [2.45, 2.75) is 18.9 Å². The van der Waals surface area contributed by atoms with Gasteiger partial charge in [0.2, 0.25) is 0 Å².